The van der Waals surface area contributed by atoms with Crippen LogP contribution in [-0.2, 0) is 9.53 Å². The van der Waals surface area contributed by atoms with Crippen LogP contribution in [0.1, 0.15) is 33.1 Å². The highest BCUT2D eigenvalue weighted by Gasteiger charge is 2.34. The summed E-state index contributed by atoms with van der Waals surface area (Å²) in [4.78, 5) is 11.9. The van der Waals surface area contributed by atoms with E-state index in [9.17, 15) is 4.79 Å². The minimum absolute atomic E-state index is 0. The van der Waals surface area contributed by atoms with E-state index in [0.29, 0.717) is 12.0 Å². The molecule has 0 spiro atoms. The third-order valence-electron chi connectivity index (χ3n) is 3.85. The molecule has 1 saturated heterocycles. The Balaban J connectivity index is 0.00000144. The number of rotatable bonds is 3. The van der Waals surface area contributed by atoms with E-state index in [0.717, 1.165) is 13.1 Å². The molecule has 1 amide bonds. The molecule has 0 radical (unpaired) electrons. The van der Waals surface area contributed by atoms with Gasteiger partial charge in [-0.2, -0.15) is 0 Å². The highest BCUT2D eigenvalue weighted by molar-refractivity contribution is 5.85. The predicted octanol–water partition coefficient (Wildman–Crippen LogP) is 1.09. The van der Waals surface area contributed by atoms with Gasteiger partial charge in [0.05, 0.1) is 12.7 Å². The summed E-state index contributed by atoms with van der Waals surface area (Å²) in [6.07, 6.45) is 3.74. The van der Waals surface area contributed by atoms with Gasteiger partial charge in [0.25, 0.3) is 0 Å². The van der Waals surface area contributed by atoms with E-state index >= 15 is 0 Å². The molecule has 1 heterocycles. The first kappa shape index (κ1) is 14.7. The molecule has 2 rings (SSSR count). The molecule has 2 aliphatic rings. The number of amides is 1. The van der Waals surface area contributed by atoms with Gasteiger partial charge in [-0.3, -0.25) is 4.79 Å². The molecule has 0 aromatic heterocycles. The zero-order valence-electron chi connectivity index (χ0n) is 10.6. The topological polar surface area (TPSA) is 50.4 Å². The number of nitrogens with one attached hydrogen (secondary N) is 2. The monoisotopic (exact) mass is 262 g/mol. The predicted molar refractivity (Wildman–Crippen MR) is 69.4 cm³/mol. The number of halogens is 1. The van der Waals surface area contributed by atoms with E-state index in [2.05, 4.69) is 17.6 Å². The Kier molecular flexibility index (Phi) is 5.22. The molecular weight excluding hydrogens is 240 g/mol. The largest absolute Gasteiger partial charge is 0.375 e. The molecule has 2 N–H and O–H groups in total. The summed E-state index contributed by atoms with van der Waals surface area (Å²) in [5.41, 5.74) is 0.342. The van der Waals surface area contributed by atoms with Crippen molar-refractivity contribution in [3.8, 4) is 0 Å². The van der Waals surface area contributed by atoms with E-state index in [1.807, 2.05) is 6.92 Å². The van der Waals surface area contributed by atoms with Crippen LogP contribution in [0.4, 0.5) is 0 Å². The lowest BCUT2D eigenvalue weighted by molar-refractivity contribution is -0.129. The quantitative estimate of drug-likeness (QED) is 0.801. The molecule has 0 aromatic carbocycles. The number of carbonyl (C=O) groups is 1. The molecule has 0 aromatic rings. The summed E-state index contributed by atoms with van der Waals surface area (Å²) < 4.78 is 5.46. The van der Waals surface area contributed by atoms with E-state index < -0.39 is 0 Å². The van der Waals surface area contributed by atoms with Crippen LogP contribution in [0.2, 0.25) is 0 Å². The zero-order chi connectivity index (χ0) is 11.6. The molecule has 17 heavy (non-hydrogen) atoms. The summed E-state index contributed by atoms with van der Waals surface area (Å²) in [5, 5.41) is 6.25. The lowest BCUT2D eigenvalue weighted by Crippen LogP contribution is -2.56. The zero-order valence-corrected chi connectivity index (χ0v) is 11.4. The van der Waals surface area contributed by atoms with Gasteiger partial charge >= 0.3 is 0 Å². The summed E-state index contributed by atoms with van der Waals surface area (Å²) in [6.45, 7) is 6.45. The van der Waals surface area contributed by atoms with Crippen molar-refractivity contribution in [3.05, 3.63) is 0 Å². The van der Waals surface area contributed by atoms with Crippen LogP contribution < -0.4 is 10.6 Å². The summed E-state index contributed by atoms with van der Waals surface area (Å²) in [5.74, 6) is 0.0836. The third kappa shape index (κ3) is 3.57. The van der Waals surface area contributed by atoms with E-state index in [4.69, 9.17) is 4.74 Å². The van der Waals surface area contributed by atoms with Crippen LogP contribution in [0.25, 0.3) is 0 Å². The van der Waals surface area contributed by atoms with E-state index in [1.54, 1.807) is 0 Å². The maximum absolute atomic E-state index is 11.9. The van der Waals surface area contributed by atoms with Crippen molar-refractivity contribution in [2.75, 3.05) is 19.7 Å². The molecule has 4 nitrogen and oxygen atoms in total. The summed E-state index contributed by atoms with van der Waals surface area (Å²) in [7, 11) is 0. The maximum Gasteiger partial charge on any atom is 0.239 e. The second kappa shape index (κ2) is 6.03. The van der Waals surface area contributed by atoms with Gasteiger partial charge in [0.15, 0.2) is 0 Å². The van der Waals surface area contributed by atoms with Gasteiger partial charge in [-0.1, -0.05) is 13.3 Å². The fraction of sp³-hybridized carbons (Fsp3) is 0.917. The molecule has 100 valence electrons. The van der Waals surface area contributed by atoms with Gasteiger partial charge in [-0.25, -0.2) is 0 Å². The van der Waals surface area contributed by atoms with Gasteiger partial charge < -0.3 is 15.4 Å². The highest BCUT2D eigenvalue weighted by Crippen LogP contribution is 2.39. The first-order valence-corrected chi connectivity index (χ1v) is 6.23. The Labute approximate surface area is 109 Å². The van der Waals surface area contributed by atoms with Gasteiger partial charge in [-0.05, 0) is 25.2 Å². The average molecular weight is 263 g/mol. The maximum atomic E-state index is 11.9. The molecule has 1 aliphatic heterocycles. The lowest BCUT2D eigenvalue weighted by atomic mass is 9.70. The van der Waals surface area contributed by atoms with Crippen molar-refractivity contribution in [3.63, 3.8) is 0 Å². The normalized spacial score (nSPS) is 30.9. The number of carbonyl (C=O) groups excluding carboxylic acids is 1. The number of hydrogen-bond acceptors (Lipinski definition) is 3. The second-order valence-electron chi connectivity index (χ2n) is 5.39. The highest BCUT2D eigenvalue weighted by atomic mass is 35.5. The van der Waals surface area contributed by atoms with Crippen molar-refractivity contribution < 1.29 is 9.53 Å². The van der Waals surface area contributed by atoms with Crippen molar-refractivity contribution >= 4 is 18.3 Å². The van der Waals surface area contributed by atoms with Gasteiger partial charge in [-0.15, -0.1) is 12.4 Å². The van der Waals surface area contributed by atoms with Crippen molar-refractivity contribution in [2.24, 2.45) is 5.41 Å². The van der Waals surface area contributed by atoms with Gasteiger partial charge in [0.1, 0.15) is 6.04 Å². The third-order valence-corrected chi connectivity index (χ3v) is 3.85. The molecule has 2 fully saturated rings. The number of ether oxygens (including phenoxy) is 1. The van der Waals surface area contributed by atoms with Crippen LogP contribution in [0.3, 0.4) is 0 Å². The molecule has 0 unspecified atom stereocenters. The van der Waals surface area contributed by atoms with Crippen LogP contribution in [0, 0.1) is 5.41 Å². The van der Waals surface area contributed by atoms with Crippen LogP contribution in [0.5, 0.6) is 0 Å². The van der Waals surface area contributed by atoms with Crippen LogP contribution in [-0.4, -0.2) is 37.7 Å². The standard InChI is InChI=1S/C12H22N2O2.ClH/c1-9-10(13-6-7-16-9)11(15)14-8-12(2)4-3-5-12;/h9-10,13H,3-8H2,1-2H3,(H,14,15);1H/t9-,10+;/m1./s1. The molecule has 1 saturated carbocycles. The molecule has 1 aliphatic carbocycles. The second-order valence-corrected chi connectivity index (χ2v) is 5.39. The summed E-state index contributed by atoms with van der Waals surface area (Å²) in [6, 6.07) is -0.183. The van der Waals surface area contributed by atoms with Crippen molar-refractivity contribution in [2.45, 2.75) is 45.3 Å². The SMILES string of the molecule is C[C@H]1OCCN[C@@H]1C(=O)NCC1(C)CCC1.Cl. The minimum Gasteiger partial charge on any atom is -0.375 e. The molecular formula is C12H23ClN2O2. The van der Waals surface area contributed by atoms with E-state index in [-0.39, 0.29) is 30.5 Å². The number of hydrogen-bond donors (Lipinski definition) is 2. The van der Waals surface area contributed by atoms with Gasteiger partial charge in [0, 0.05) is 13.1 Å². The van der Waals surface area contributed by atoms with Crippen molar-refractivity contribution in [1.82, 2.24) is 10.6 Å². The molecule has 5 heteroatoms. The molecule has 2 atom stereocenters. The summed E-state index contributed by atoms with van der Waals surface area (Å²) >= 11 is 0. The van der Waals surface area contributed by atoms with Crippen LogP contribution >= 0.6 is 12.4 Å². The Hall–Kier alpha value is -0.320. The molecule has 0 bridgehead atoms. The fourth-order valence-corrected chi connectivity index (χ4v) is 2.39. The smallest absolute Gasteiger partial charge is 0.239 e. The minimum atomic E-state index is -0.183. The lowest BCUT2D eigenvalue weighted by Gasteiger charge is -2.39. The Morgan fingerprint density at radius 2 is 2.24 bits per heavy atom. The fourth-order valence-electron chi connectivity index (χ4n) is 2.39. The Morgan fingerprint density at radius 1 is 1.53 bits per heavy atom. The van der Waals surface area contributed by atoms with Gasteiger partial charge in [0.2, 0.25) is 5.91 Å². The average Bonchev–Trinajstić information content (AvgIpc) is 2.24. The van der Waals surface area contributed by atoms with E-state index in [1.165, 1.54) is 19.3 Å². The van der Waals surface area contributed by atoms with Crippen LogP contribution in [0.15, 0.2) is 0 Å². The first-order chi connectivity index (χ1) is 7.61. The van der Waals surface area contributed by atoms with Crippen molar-refractivity contribution in [1.29, 1.82) is 0 Å². The Bertz CT molecular complexity index is 269. The first-order valence-electron chi connectivity index (χ1n) is 6.23. The number of morpholine rings is 1. The Morgan fingerprint density at radius 3 is 2.76 bits per heavy atom.